The molecule has 3 nitrogen and oxygen atoms in total. The summed E-state index contributed by atoms with van der Waals surface area (Å²) in [5.41, 5.74) is 6.26. The van der Waals surface area contributed by atoms with Gasteiger partial charge in [0.15, 0.2) is 5.84 Å². The van der Waals surface area contributed by atoms with Gasteiger partial charge in [0.2, 0.25) is 0 Å². The zero-order valence-electron chi connectivity index (χ0n) is 8.63. The van der Waals surface area contributed by atoms with Crippen LogP contribution in [0.4, 0.5) is 0 Å². The molecule has 17 heavy (non-hydrogen) atoms. The summed E-state index contributed by atoms with van der Waals surface area (Å²) in [4.78, 5) is 0.909. The molecule has 0 aliphatic carbocycles. The lowest BCUT2D eigenvalue weighted by Crippen LogP contribution is -2.14. The first kappa shape index (κ1) is 12.3. The van der Waals surface area contributed by atoms with E-state index in [4.69, 9.17) is 22.5 Å². The predicted molar refractivity (Wildman–Crippen MR) is 72.4 cm³/mol. The summed E-state index contributed by atoms with van der Waals surface area (Å²) in [5.74, 6) is 0.0616. The Bertz CT molecular complexity index is 540. The van der Waals surface area contributed by atoms with Crippen molar-refractivity contribution in [1.29, 1.82) is 0 Å². The number of amidine groups is 1. The molecule has 6 heteroatoms. The van der Waals surface area contributed by atoms with Crippen molar-refractivity contribution < 1.29 is 5.21 Å². The van der Waals surface area contributed by atoms with E-state index in [0.717, 1.165) is 9.10 Å². The third-order valence-corrected chi connectivity index (χ3v) is 4.38. The monoisotopic (exact) mass is 284 g/mol. The molecule has 0 aliphatic heterocycles. The Morgan fingerprint density at radius 1 is 1.41 bits per heavy atom. The molecule has 88 valence electrons. The average Bonchev–Trinajstić information content (AvgIpc) is 2.83. The smallest absolute Gasteiger partial charge is 0.171 e. The number of oxime groups is 1. The molecule has 2 rings (SSSR count). The molecule has 1 heterocycles. The highest BCUT2D eigenvalue weighted by atomic mass is 35.5. The third-order valence-electron chi connectivity index (χ3n) is 2.03. The lowest BCUT2D eigenvalue weighted by atomic mass is 10.2. The Labute approximate surface area is 112 Å². The number of benzene rings is 1. The Hall–Kier alpha value is -1.17. The van der Waals surface area contributed by atoms with Gasteiger partial charge >= 0.3 is 0 Å². The van der Waals surface area contributed by atoms with E-state index in [1.54, 1.807) is 35.2 Å². The van der Waals surface area contributed by atoms with E-state index in [-0.39, 0.29) is 5.84 Å². The zero-order valence-corrected chi connectivity index (χ0v) is 11.0. The highest BCUT2D eigenvalue weighted by Crippen LogP contribution is 2.34. The molecule has 1 aromatic heterocycles. The first-order valence-corrected chi connectivity index (χ1v) is 6.77. The van der Waals surface area contributed by atoms with Crippen molar-refractivity contribution in [2.24, 2.45) is 10.9 Å². The molecule has 0 aliphatic rings. The minimum atomic E-state index is 0.0616. The fraction of sp³-hybridized carbons (Fsp3) is 0. The topological polar surface area (TPSA) is 58.6 Å². The first-order valence-electron chi connectivity index (χ1n) is 4.69. The standard InChI is InChI=1S/C11H9ClN2OS2/c12-7-3-4-9(8(6-7)11(13)14-15)17-10-2-1-5-16-10/h1-6,15H,(H2,13,14). The SMILES string of the molecule is N/C(=N/O)c1cc(Cl)ccc1Sc1cccs1. The first-order chi connectivity index (χ1) is 8.20. The van der Waals surface area contributed by atoms with Crippen LogP contribution in [0.2, 0.25) is 5.02 Å². The second kappa shape index (κ2) is 5.44. The van der Waals surface area contributed by atoms with Gasteiger partial charge in [-0.1, -0.05) is 34.6 Å². The molecule has 0 radical (unpaired) electrons. The molecule has 2 aromatic rings. The fourth-order valence-corrected chi connectivity index (χ4v) is 3.30. The van der Waals surface area contributed by atoms with E-state index in [1.165, 1.54) is 0 Å². The van der Waals surface area contributed by atoms with E-state index >= 15 is 0 Å². The van der Waals surface area contributed by atoms with Gasteiger partial charge in [0, 0.05) is 15.5 Å². The normalized spacial score (nSPS) is 11.7. The van der Waals surface area contributed by atoms with Crippen molar-refractivity contribution in [3.63, 3.8) is 0 Å². The largest absolute Gasteiger partial charge is 0.409 e. The van der Waals surface area contributed by atoms with Crippen LogP contribution in [-0.2, 0) is 0 Å². The van der Waals surface area contributed by atoms with Gasteiger partial charge in [-0.15, -0.1) is 11.3 Å². The lowest BCUT2D eigenvalue weighted by Gasteiger charge is -2.07. The second-order valence-electron chi connectivity index (χ2n) is 3.16. The van der Waals surface area contributed by atoms with Gasteiger partial charge < -0.3 is 10.9 Å². The van der Waals surface area contributed by atoms with Crippen molar-refractivity contribution in [3.05, 3.63) is 46.3 Å². The number of halogens is 1. The summed E-state index contributed by atoms with van der Waals surface area (Å²) < 4.78 is 1.14. The summed E-state index contributed by atoms with van der Waals surface area (Å²) in [6.45, 7) is 0. The van der Waals surface area contributed by atoms with E-state index in [0.29, 0.717) is 10.6 Å². The van der Waals surface area contributed by atoms with Gasteiger partial charge in [0.25, 0.3) is 0 Å². The third kappa shape index (κ3) is 2.94. The Balaban J connectivity index is 2.39. The van der Waals surface area contributed by atoms with Crippen LogP contribution in [0.5, 0.6) is 0 Å². The highest BCUT2D eigenvalue weighted by Gasteiger charge is 2.10. The number of hydrogen-bond acceptors (Lipinski definition) is 4. The van der Waals surface area contributed by atoms with Crippen LogP contribution in [0, 0.1) is 0 Å². The van der Waals surface area contributed by atoms with Crippen LogP contribution in [-0.4, -0.2) is 11.0 Å². The van der Waals surface area contributed by atoms with Crippen molar-refractivity contribution in [1.82, 2.24) is 0 Å². The maximum atomic E-state index is 8.74. The average molecular weight is 285 g/mol. The summed E-state index contributed by atoms with van der Waals surface area (Å²) in [7, 11) is 0. The summed E-state index contributed by atoms with van der Waals surface area (Å²) in [6, 6.07) is 9.32. The molecule has 1 aromatic carbocycles. The van der Waals surface area contributed by atoms with Crippen LogP contribution in [0.1, 0.15) is 5.56 Å². The molecular weight excluding hydrogens is 276 g/mol. The van der Waals surface area contributed by atoms with Crippen LogP contribution >= 0.6 is 34.7 Å². The molecule has 0 saturated carbocycles. The molecular formula is C11H9ClN2OS2. The number of hydrogen-bond donors (Lipinski definition) is 2. The van der Waals surface area contributed by atoms with Crippen molar-refractivity contribution in [2.45, 2.75) is 9.10 Å². The molecule has 0 spiro atoms. The highest BCUT2D eigenvalue weighted by molar-refractivity contribution is 8.01. The van der Waals surface area contributed by atoms with Gasteiger partial charge in [0.05, 0.1) is 4.21 Å². The minimum absolute atomic E-state index is 0.0616. The second-order valence-corrected chi connectivity index (χ2v) is 5.89. The molecule has 0 bridgehead atoms. The number of nitrogens with zero attached hydrogens (tertiary/aromatic N) is 1. The fourth-order valence-electron chi connectivity index (χ4n) is 1.28. The minimum Gasteiger partial charge on any atom is -0.409 e. The van der Waals surface area contributed by atoms with Gasteiger partial charge in [-0.05, 0) is 29.6 Å². The molecule has 0 amide bonds. The maximum absolute atomic E-state index is 8.74. The molecule has 0 atom stereocenters. The van der Waals surface area contributed by atoms with Gasteiger partial charge in [-0.2, -0.15) is 0 Å². The lowest BCUT2D eigenvalue weighted by molar-refractivity contribution is 0.318. The predicted octanol–water partition coefficient (Wildman–Crippen LogP) is 3.65. The van der Waals surface area contributed by atoms with E-state index < -0.39 is 0 Å². The Kier molecular flexibility index (Phi) is 3.93. The zero-order chi connectivity index (χ0) is 12.3. The Morgan fingerprint density at radius 3 is 2.88 bits per heavy atom. The number of thiophene rings is 1. The molecule has 0 saturated heterocycles. The quantitative estimate of drug-likeness (QED) is 0.391. The van der Waals surface area contributed by atoms with E-state index in [2.05, 4.69) is 5.16 Å². The number of nitrogens with two attached hydrogens (primary N) is 1. The summed E-state index contributed by atoms with van der Waals surface area (Å²) in [5, 5.41) is 14.3. The van der Waals surface area contributed by atoms with Gasteiger partial charge in [-0.3, -0.25) is 0 Å². The summed E-state index contributed by atoms with van der Waals surface area (Å²) >= 11 is 9.10. The maximum Gasteiger partial charge on any atom is 0.171 e. The van der Waals surface area contributed by atoms with Gasteiger partial charge in [-0.25, -0.2) is 0 Å². The van der Waals surface area contributed by atoms with Crippen LogP contribution in [0.25, 0.3) is 0 Å². The number of rotatable bonds is 3. The van der Waals surface area contributed by atoms with Gasteiger partial charge in [0.1, 0.15) is 0 Å². The van der Waals surface area contributed by atoms with Crippen molar-refractivity contribution >= 4 is 40.5 Å². The van der Waals surface area contributed by atoms with E-state index in [1.807, 2.05) is 23.6 Å². The summed E-state index contributed by atoms with van der Waals surface area (Å²) in [6.07, 6.45) is 0. The molecule has 0 fully saturated rings. The molecule has 0 unspecified atom stereocenters. The van der Waals surface area contributed by atoms with Crippen LogP contribution < -0.4 is 5.73 Å². The van der Waals surface area contributed by atoms with Crippen molar-refractivity contribution in [2.75, 3.05) is 0 Å². The van der Waals surface area contributed by atoms with Crippen molar-refractivity contribution in [3.8, 4) is 0 Å². The van der Waals surface area contributed by atoms with E-state index in [9.17, 15) is 0 Å². The van der Waals surface area contributed by atoms with Crippen LogP contribution in [0.3, 0.4) is 0 Å². The Morgan fingerprint density at radius 2 is 2.24 bits per heavy atom. The van der Waals surface area contributed by atoms with Crippen LogP contribution in [0.15, 0.2) is 50.0 Å². The molecule has 3 N–H and O–H groups in total.